The number of fused-ring (bicyclic) bond motifs is 1. The lowest BCUT2D eigenvalue weighted by Gasteiger charge is -2.35. The molecule has 37 heavy (non-hydrogen) atoms. The van der Waals surface area contributed by atoms with Gasteiger partial charge in [0.1, 0.15) is 11.6 Å². The molecule has 7 heteroatoms. The van der Waals surface area contributed by atoms with Crippen molar-refractivity contribution in [1.29, 1.82) is 0 Å². The van der Waals surface area contributed by atoms with Gasteiger partial charge < -0.3 is 19.5 Å². The number of rotatable bonds is 6. The van der Waals surface area contributed by atoms with Crippen molar-refractivity contribution in [3.8, 4) is 17.0 Å². The lowest BCUT2D eigenvalue weighted by molar-refractivity contribution is -0.132. The summed E-state index contributed by atoms with van der Waals surface area (Å²) < 4.78 is 19.2. The third-order valence-electron chi connectivity index (χ3n) is 7.12. The molecule has 2 amide bonds. The molecule has 1 fully saturated rings. The number of aromatic nitrogens is 1. The smallest absolute Gasteiger partial charge is 0.254 e. The quantitative estimate of drug-likeness (QED) is 0.396. The summed E-state index contributed by atoms with van der Waals surface area (Å²) in [4.78, 5) is 33.0. The lowest BCUT2D eigenvalue weighted by atomic mass is 10.0. The van der Waals surface area contributed by atoms with Crippen LogP contribution in [-0.4, -0.2) is 59.9 Å². The zero-order chi connectivity index (χ0) is 25.9. The number of aromatic amines is 1. The van der Waals surface area contributed by atoms with Gasteiger partial charge in [-0.05, 0) is 72.5 Å². The highest BCUT2D eigenvalue weighted by Crippen LogP contribution is 2.32. The molecule has 5 rings (SSSR count). The SMILES string of the molecule is COc1ccc(-c2[nH]c3ccccc3c2CCC(=O)N2CCN(C(=O)c3ccc(C)c(F)c3)CC2)cc1. The minimum atomic E-state index is -0.383. The second kappa shape index (κ2) is 10.5. The van der Waals surface area contributed by atoms with Crippen LogP contribution in [0.4, 0.5) is 4.39 Å². The van der Waals surface area contributed by atoms with Crippen molar-refractivity contribution >= 4 is 22.7 Å². The van der Waals surface area contributed by atoms with Crippen molar-refractivity contribution in [2.24, 2.45) is 0 Å². The van der Waals surface area contributed by atoms with Crippen LogP contribution in [-0.2, 0) is 11.2 Å². The molecule has 0 aliphatic carbocycles. The molecule has 0 saturated carbocycles. The Morgan fingerprint density at radius 1 is 0.946 bits per heavy atom. The molecular weight excluding hydrogens is 469 g/mol. The van der Waals surface area contributed by atoms with Crippen LogP contribution in [0.15, 0.2) is 66.7 Å². The van der Waals surface area contributed by atoms with E-state index in [1.807, 2.05) is 47.4 Å². The molecule has 1 aromatic heterocycles. The maximum absolute atomic E-state index is 13.9. The minimum absolute atomic E-state index is 0.0689. The van der Waals surface area contributed by atoms with Crippen LogP contribution < -0.4 is 4.74 Å². The molecule has 0 atom stereocenters. The highest BCUT2D eigenvalue weighted by molar-refractivity contribution is 5.94. The zero-order valence-corrected chi connectivity index (χ0v) is 21.1. The minimum Gasteiger partial charge on any atom is -0.497 e. The zero-order valence-electron chi connectivity index (χ0n) is 21.1. The maximum Gasteiger partial charge on any atom is 0.254 e. The summed E-state index contributed by atoms with van der Waals surface area (Å²) in [6, 6.07) is 20.6. The molecule has 6 nitrogen and oxygen atoms in total. The van der Waals surface area contributed by atoms with Crippen LogP contribution in [0.3, 0.4) is 0 Å². The van der Waals surface area contributed by atoms with Gasteiger partial charge in [-0.1, -0.05) is 24.3 Å². The molecule has 1 aliphatic heterocycles. The van der Waals surface area contributed by atoms with E-state index >= 15 is 0 Å². The van der Waals surface area contributed by atoms with Gasteiger partial charge in [-0.3, -0.25) is 9.59 Å². The summed E-state index contributed by atoms with van der Waals surface area (Å²) in [5.74, 6) is 0.279. The van der Waals surface area contributed by atoms with E-state index in [1.165, 1.54) is 6.07 Å². The molecule has 3 aromatic carbocycles. The van der Waals surface area contributed by atoms with Crippen molar-refractivity contribution < 1.29 is 18.7 Å². The number of carbonyl (C=O) groups excluding carboxylic acids is 2. The van der Waals surface area contributed by atoms with Gasteiger partial charge in [0.15, 0.2) is 0 Å². The average Bonchev–Trinajstić information content (AvgIpc) is 3.31. The van der Waals surface area contributed by atoms with E-state index in [2.05, 4.69) is 11.1 Å². The number of hydrogen-bond acceptors (Lipinski definition) is 3. The first-order chi connectivity index (χ1) is 17.9. The number of hydrogen-bond donors (Lipinski definition) is 1. The number of aryl methyl sites for hydroxylation is 2. The van der Waals surface area contributed by atoms with E-state index in [9.17, 15) is 14.0 Å². The van der Waals surface area contributed by atoms with Gasteiger partial charge in [0.05, 0.1) is 7.11 Å². The van der Waals surface area contributed by atoms with E-state index in [4.69, 9.17) is 4.74 Å². The number of amides is 2. The highest BCUT2D eigenvalue weighted by Gasteiger charge is 2.25. The summed E-state index contributed by atoms with van der Waals surface area (Å²) >= 11 is 0. The summed E-state index contributed by atoms with van der Waals surface area (Å²) in [6.07, 6.45) is 0.980. The van der Waals surface area contributed by atoms with Crippen LogP contribution in [0.5, 0.6) is 5.75 Å². The number of ether oxygens (including phenoxy) is 1. The summed E-state index contributed by atoms with van der Waals surface area (Å²) in [7, 11) is 1.65. The summed E-state index contributed by atoms with van der Waals surface area (Å²) in [6.45, 7) is 3.48. The largest absolute Gasteiger partial charge is 0.497 e. The Balaban J connectivity index is 1.25. The molecule has 1 aliphatic rings. The Bertz CT molecular complexity index is 1440. The van der Waals surface area contributed by atoms with E-state index in [0.29, 0.717) is 50.1 Å². The first kappa shape index (κ1) is 24.6. The summed E-state index contributed by atoms with van der Waals surface area (Å²) in [5, 5.41) is 1.11. The number of H-pyrrole nitrogens is 1. The van der Waals surface area contributed by atoms with Crippen LogP contribution in [0.25, 0.3) is 22.2 Å². The van der Waals surface area contributed by atoms with Gasteiger partial charge in [-0.2, -0.15) is 0 Å². The first-order valence-electron chi connectivity index (χ1n) is 12.5. The summed E-state index contributed by atoms with van der Waals surface area (Å²) in [5.41, 5.74) is 5.06. The van der Waals surface area contributed by atoms with Crippen molar-refractivity contribution in [2.75, 3.05) is 33.3 Å². The molecule has 0 radical (unpaired) electrons. The van der Waals surface area contributed by atoms with Gasteiger partial charge in [-0.25, -0.2) is 4.39 Å². The normalized spacial score (nSPS) is 13.7. The van der Waals surface area contributed by atoms with Crippen molar-refractivity contribution in [2.45, 2.75) is 19.8 Å². The lowest BCUT2D eigenvalue weighted by Crippen LogP contribution is -2.50. The van der Waals surface area contributed by atoms with Crippen LogP contribution in [0, 0.1) is 12.7 Å². The topological polar surface area (TPSA) is 65.6 Å². The molecule has 4 aromatic rings. The Labute approximate surface area is 215 Å². The number of piperazine rings is 1. The maximum atomic E-state index is 13.9. The number of benzene rings is 3. The molecule has 190 valence electrons. The Morgan fingerprint density at radius 2 is 1.65 bits per heavy atom. The van der Waals surface area contributed by atoms with Crippen LogP contribution in [0.2, 0.25) is 0 Å². The van der Waals surface area contributed by atoms with Crippen LogP contribution in [0.1, 0.15) is 27.9 Å². The number of nitrogens with zero attached hydrogens (tertiary/aromatic N) is 2. The fourth-order valence-corrected chi connectivity index (χ4v) is 4.92. The third-order valence-corrected chi connectivity index (χ3v) is 7.12. The fraction of sp³-hybridized carbons (Fsp3) is 0.267. The van der Waals surface area contributed by atoms with Gasteiger partial charge in [-0.15, -0.1) is 0 Å². The Morgan fingerprint density at radius 3 is 2.35 bits per heavy atom. The van der Waals surface area contributed by atoms with Crippen molar-refractivity contribution in [3.63, 3.8) is 0 Å². The molecular formula is C30H30FN3O3. The molecule has 2 heterocycles. The second-order valence-corrected chi connectivity index (χ2v) is 9.39. The first-order valence-corrected chi connectivity index (χ1v) is 12.5. The monoisotopic (exact) mass is 499 g/mol. The fourth-order valence-electron chi connectivity index (χ4n) is 4.92. The van der Waals surface area contributed by atoms with Crippen LogP contribution >= 0.6 is 0 Å². The molecule has 1 N–H and O–H groups in total. The molecule has 0 unspecified atom stereocenters. The Kier molecular flexibility index (Phi) is 6.95. The average molecular weight is 500 g/mol. The van der Waals surface area contributed by atoms with Crippen molar-refractivity contribution in [3.05, 3.63) is 89.2 Å². The van der Waals surface area contributed by atoms with E-state index in [0.717, 1.165) is 33.5 Å². The number of methoxy groups -OCH3 is 1. The van der Waals surface area contributed by atoms with E-state index < -0.39 is 0 Å². The van der Waals surface area contributed by atoms with Gasteiger partial charge >= 0.3 is 0 Å². The molecule has 0 bridgehead atoms. The predicted octanol–water partition coefficient (Wildman–Crippen LogP) is 5.21. The predicted molar refractivity (Wildman–Crippen MR) is 142 cm³/mol. The van der Waals surface area contributed by atoms with Gasteiger partial charge in [0.2, 0.25) is 5.91 Å². The molecule has 0 spiro atoms. The number of carbonyl (C=O) groups is 2. The van der Waals surface area contributed by atoms with Gasteiger partial charge in [0.25, 0.3) is 5.91 Å². The number of para-hydroxylation sites is 1. The van der Waals surface area contributed by atoms with Crippen molar-refractivity contribution in [1.82, 2.24) is 14.8 Å². The number of nitrogens with one attached hydrogen (secondary N) is 1. The standard InChI is InChI=1S/C30H30FN3O3/c1-20-7-8-22(19-26(20)31)30(36)34-17-15-33(16-18-34)28(35)14-13-25-24-5-3-4-6-27(24)32-29(25)21-9-11-23(37-2)12-10-21/h3-12,19,32H,13-18H2,1-2H3. The number of halogens is 1. The van der Waals surface area contributed by atoms with Gasteiger partial charge in [0, 0.05) is 54.8 Å². The Hall–Kier alpha value is -4.13. The second-order valence-electron chi connectivity index (χ2n) is 9.39. The van der Waals surface area contributed by atoms with E-state index in [-0.39, 0.29) is 17.6 Å². The molecule has 1 saturated heterocycles. The third kappa shape index (κ3) is 5.07. The highest BCUT2D eigenvalue weighted by atomic mass is 19.1. The van der Waals surface area contributed by atoms with E-state index in [1.54, 1.807) is 31.1 Å².